The molecule has 0 spiro atoms. The third kappa shape index (κ3) is 8.32. The average Bonchev–Trinajstić information content (AvgIpc) is 2.87. The predicted octanol–water partition coefficient (Wildman–Crippen LogP) is 5.00. The van der Waals surface area contributed by atoms with Crippen LogP contribution in [0.25, 0.3) is 0 Å². The number of rotatable bonds is 12. The average molecular weight is 473 g/mol. The molecule has 0 bridgehead atoms. The molecule has 0 saturated heterocycles. The zero-order valence-electron chi connectivity index (χ0n) is 21.0. The van der Waals surface area contributed by atoms with Crippen LogP contribution in [-0.4, -0.2) is 46.3 Å². The second kappa shape index (κ2) is 13.4. The van der Waals surface area contributed by atoms with Crippen LogP contribution in [0, 0.1) is 12.8 Å². The molecule has 2 aromatic carbocycles. The largest absolute Gasteiger partial charge is 0.356 e. The number of amides is 2. The second-order valence-corrected chi connectivity index (χ2v) is 9.28. The molecule has 0 aliphatic carbocycles. The Morgan fingerprint density at radius 3 is 2.03 bits per heavy atom. The molecule has 6 nitrogen and oxygen atoms in total. The molecule has 6 heteroatoms. The van der Waals surface area contributed by atoms with E-state index in [1.54, 1.807) is 11.1 Å². The Hall–Kier alpha value is -3.54. The summed E-state index contributed by atoms with van der Waals surface area (Å²) in [6.45, 7) is 7.59. The fraction of sp³-hybridized carbons (Fsp3) is 0.379. The van der Waals surface area contributed by atoms with Crippen LogP contribution in [0.1, 0.15) is 66.3 Å². The summed E-state index contributed by atoms with van der Waals surface area (Å²) in [6, 6.07) is 20.7. The van der Waals surface area contributed by atoms with Crippen molar-refractivity contribution in [1.82, 2.24) is 20.2 Å². The van der Waals surface area contributed by atoms with Crippen molar-refractivity contribution >= 4 is 11.8 Å². The molecule has 1 heterocycles. The lowest BCUT2D eigenvalue weighted by Crippen LogP contribution is -2.37. The zero-order valence-corrected chi connectivity index (χ0v) is 21.0. The topological polar surface area (TPSA) is 75.2 Å². The number of carbonyl (C=O) groups excluding carboxylic acids is 2. The first kappa shape index (κ1) is 26.1. The van der Waals surface area contributed by atoms with Gasteiger partial charge in [0.2, 0.25) is 5.91 Å². The molecule has 0 aliphatic heterocycles. The van der Waals surface area contributed by atoms with Crippen molar-refractivity contribution in [2.45, 2.75) is 46.0 Å². The molecule has 1 aromatic heterocycles. The molecule has 35 heavy (non-hydrogen) atoms. The van der Waals surface area contributed by atoms with E-state index in [1.165, 1.54) is 17.3 Å². The molecule has 3 rings (SSSR count). The Labute approximate surface area is 208 Å². The van der Waals surface area contributed by atoms with Gasteiger partial charge in [-0.1, -0.05) is 74.5 Å². The zero-order chi connectivity index (χ0) is 25.0. The summed E-state index contributed by atoms with van der Waals surface area (Å²) in [5, 5.41) is 3.05. The van der Waals surface area contributed by atoms with Gasteiger partial charge in [0.25, 0.3) is 5.91 Å². The molecule has 0 saturated carbocycles. The van der Waals surface area contributed by atoms with E-state index >= 15 is 0 Å². The Morgan fingerprint density at radius 1 is 0.857 bits per heavy atom. The van der Waals surface area contributed by atoms with Gasteiger partial charge in [-0.25, -0.2) is 4.98 Å². The molecule has 1 N–H and O–H groups in total. The lowest BCUT2D eigenvalue weighted by Gasteiger charge is -2.23. The first-order chi connectivity index (χ1) is 16.9. The number of hydrogen-bond acceptors (Lipinski definition) is 4. The lowest BCUT2D eigenvalue weighted by molar-refractivity contribution is -0.121. The van der Waals surface area contributed by atoms with Crippen molar-refractivity contribution in [2.24, 2.45) is 5.92 Å². The minimum Gasteiger partial charge on any atom is -0.356 e. The van der Waals surface area contributed by atoms with E-state index in [1.807, 2.05) is 43.3 Å². The highest BCUT2D eigenvalue weighted by molar-refractivity contribution is 5.92. The summed E-state index contributed by atoms with van der Waals surface area (Å²) in [7, 11) is 0. The van der Waals surface area contributed by atoms with Gasteiger partial charge in [0.1, 0.15) is 5.69 Å². The number of nitrogens with zero attached hydrogens (tertiary/aromatic N) is 3. The molecule has 0 radical (unpaired) electrons. The second-order valence-electron chi connectivity index (χ2n) is 9.28. The Morgan fingerprint density at radius 2 is 1.49 bits per heavy atom. The number of aromatic nitrogens is 2. The molecule has 3 aromatic rings. The standard InChI is InChI=1S/C29H36N4O2/c1-22(2)15-18-33(29(35)27-21-31-23(3)20-32-27)19-16-28(34)30-17-14-26(24-10-6-4-7-11-24)25-12-8-5-9-13-25/h4-13,20-22,26H,14-19H2,1-3H3,(H,30,34). The van der Waals surface area contributed by atoms with Crippen molar-refractivity contribution < 1.29 is 9.59 Å². The van der Waals surface area contributed by atoms with E-state index in [0.29, 0.717) is 31.2 Å². The normalized spacial score (nSPS) is 11.0. The molecule has 0 atom stereocenters. The summed E-state index contributed by atoms with van der Waals surface area (Å²) in [5.74, 6) is 0.430. The highest BCUT2D eigenvalue weighted by Gasteiger charge is 2.19. The smallest absolute Gasteiger partial charge is 0.274 e. The van der Waals surface area contributed by atoms with Crippen LogP contribution in [0.3, 0.4) is 0 Å². The van der Waals surface area contributed by atoms with Crippen molar-refractivity contribution in [3.63, 3.8) is 0 Å². The van der Waals surface area contributed by atoms with Crippen LogP contribution < -0.4 is 5.32 Å². The molecular formula is C29H36N4O2. The van der Waals surface area contributed by atoms with Crippen molar-refractivity contribution in [3.05, 3.63) is 95.6 Å². The van der Waals surface area contributed by atoms with E-state index < -0.39 is 0 Å². The van der Waals surface area contributed by atoms with E-state index in [4.69, 9.17) is 0 Å². The van der Waals surface area contributed by atoms with E-state index in [9.17, 15) is 9.59 Å². The van der Waals surface area contributed by atoms with Gasteiger partial charge in [0.05, 0.1) is 11.9 Å². The number of benzene rings is 2. The Kier molecular flexibility index (Phi) is 9.96. The monoisotopic (exact) mass is 472 g/mol. The highest BCUT2D eigenvalue weighted by atomic mass is 16.2. The van der Waals surface area contributed by atoms with Gasteiger partial charge >= 0.3 is 0 Å². The third-order valence-corrected chi connectivity index (χ3v) is 6.03. The number of nitrogens with one attached hydrogen (secondary N) is 1. The maximum Gasteiger partial charge on any atom is 0.274 e. The number of aryl methyl sites for hydroxylation is 1. The first-order valence-corrected chi connectivity index (χ1v) is 12.4. The Balaban J connectivity index is 1.56. The predicted molar refractivity (Wildman–Crippen MR) is 139 cm³/mol. The minimum absolute atomic E-state index is 0.0535. The van der Waals surface area contributed by atoms with E-state index in [0.717, 1.165) is 18.5 Å². The van der Waals surface area contributed by atoms with Crippen LogP contribution in [-0.2, 0) is 4.79 Å². The van der Waals surface area contributed by atoms with Crippen LogP contribution in [0.4, 0.5) is 0 Å². The summed E-state index contributed by atoms with van der Waals surface area (Å²) in [6.07, 6.45) is 5.02. The fourth-order valence-corrected chi connectivity index (χ4v) is 3.97. The van der Waals surface area contributed by atoms with E-state index in [-0.39, 0.29) is 24.2 Å². The molecule has 184 valence electrons. The highest BCUT2D eigenvalue weighted by Crippen LogP contribution is 2.27. The molecular weight excluding hydrogens is 436 g/mol. The van der Waals surface area contributed by atoms with Gasteiger partial charge in [-0.2, -0.15) is 0 Å². The van der Waals surface area contributed by atoms with Crippen LogP contribution in [0.15, 0.2) is 73.1 Å². The SMILES string of the molecule is Cc1cnc(C(=O)N(CCC(=O)NCCC(c2ccccc2)c2ccccc2)CCC(C)C)cn1. The van der Waals surface area contributed by atoms with Gasteiger partial charge < -0.3 is 10.2 Å². The van der Waals surface area contributed by atoms with Gasteiger partial charge in [-0.05, 0) is 36.8 Å². The van der Waals surface area contributed by atoms with Gasteiger partial charge in [-0.15, -0.1) is 0 Å². The summed E-state index contributed by atoms with van der Waals surface area (Å²) >= 11 is 0. The van der Waals surface area contributed by atoms with Crippen molar-refractivity contribution in [3.8, 4) is 0 Å². The van der Waals surface area contributed by atoms with Gasteiger partial charge in [0.15, 0.2) is 0 Å². The van der Waals surface area contributed by atoms with Crippen LogP contribution >= 0.6 is 0 Å². The van der Waals surface area contributed by atoms with Gasteiger partial charge in [0, 0.05) is 38.2 Å². The van der Waals surface area contributed by atoms with E-state index in [2.05, 4.69) is 53.4 Å². The third-order valence-electron chi connectivity index (χ3n) is 6.03. The molecule has 0 unspecified atom stereocenters. The molecule has 0 aliphatic rings. The van der Waals surface area contributed by atoms with Crippen LogP contribution in [0.5, 0.6) is 0 Å². The minimum atomic E-state index is -0.181. The fourth-order valence-electron chi connectivity index (χ4n) is 3.97. The molecule has 2 amide bonds. The quantitative estimate of drug-likeness (QED) is 0.402. The summed E-state index contributed by atoms with van der Waals surface area (Å²) in [5.41, 5.74) is 3.54. The summed E-state index contributed by atoms with van der Waals surface area (Å²) < 4.78 is 0. The Bertz CT molecular complexity index is 1010. The molecule has 0 fully saturated rings. The van der Waals surface area contributed by atoms with Crippen LogP contribution in [0.2, 0.25) is 0 Å². The van der Waals surface area contributed by atoms with Crippen molar-refractivity contribution in [2.75, 3.05) is 19.6 Å². The number of hydrogen-bond donors (Lipinski definition) is 1. The number of carbonyl (C=O) groups is 2. The van der Waals surface area contributed by atoms with Crippen molar-refractivity contribution in [1.29, 1.82) is 0 Å². The first-order valence-electron chi connectivity index (χ1n) is 12.4. The summed E-state index contributed by atoms with van der Waals surface area (Å²) in [4.78, 5) is 35.8. The maximum absolute atomic E-state index is 13.0. The lowest BCUT2D eigenvalue weighted by atomic mass is 9.88. The maximum atomic E-state index is 13.0. The van der Waals surface area contributed by atoms with Gasteiger partial charge in [-0.3, -0.25) is 14.6 Å².